The van der Waals surface area contributed by atoms with E-state index in [4.69, 9.17) is 16.9 Å². The molecule has 15 heavy (non-hydrogen) atoms. The lowest BCUT2D eigenvalue weighted by atomic mass is 9.96. The fourth-order valence-corrected chi connectivity index (χ4v) is 1.39. The molecular formula is C12H15ClN2. The Hall–Kier alpha value is -1.04. The molecule has 0 unspecified atom stereocenters. The minimum atomic E-state index is -0.332. The lowest BCUT2D eigenvalue weighted by molar-refractivity contribution is 0.445. The number of hydrogen-bond acceptors (Lipinski definition) is 2. The molecule has 0 fully saturated rings. The van der Waals surface area contributed by atoms with Crippen LogP contribution in [0.2, 0.25) is 5.02 Å². The van der Waals surface area contributed by atoms with Gasteiger partial charge in [0, 0.05) is 18.1 Å². The quantitative estimate of drug-likeness (QED) is 0.850. The molecule has 1 aromatic rings. The molecule has 0 radical (unpaired) electrons. The van der Waals surface area contributed by atoms with Gasteiger partial charge in [-0.05, 0) is 25.5 Å². The molecule has 1 N–H and O–H groups in total. The Bertz CT molecular complexity index is 366. The van der Waals surface area contributed by atoms with Crippen LogP contribution in [0.25, 0.3) is 0 Å². The molecular weight excluding hydrogens is 208 g/mol. The number of hydrogen-bond donors (Lipinski definition) is 1. The summed E-state index contributed by atoms with van der Waals surface area (Å²) >= 11 is 6.00. The van der Waals surface area contributed by atoms with E-state index in [9.17, 15) is 0 Å². The summed E-state index contributed by atoms with van der Waals surface area (Å²) < 4.78 is 0. The van der Waals surface area contributed by atoms with Crippen molar-refractivity contribution in [1.29, 1.82) is 5.26 Å². The van der Waals surface area contributed by atoms with Crippen LogP contribution in [0.1, 0.15) is 19.4 Å². The molecule has 0 atom stereocenters. The van der Waals surface area contributed by atoms with Crippen molar-refractivity contribution < 1.29 is 0 Å². The highest BCUT2D eigenvalue weighted by molar-refractivity contribution is 6.31. The summed E-state index contributed by atoms with van der Waals surface area (Å²) in [6.07, 6.45) is 0. The third kappa shape index (κ3) is 3.91. The molecule has 2 nitrogen and oxygen atoms in total. The Balaban J connectivity index is 2.46. The smallest absolute Gasteiger partial charge is 0.0697 e. The van der Waals surface area contributed by atoms with Crippen molar-refractivity contribution in [3.05, 3.63) is 34.9 Å². The Morgan fingerprint density at radius 1 is 1.40 bits per heavy atom. The van der Waals surface area contributed by atoms with Crippen molar-refractivity contribution in [3.63, 3.8) is 0 Å². The second kappa shape index (κ2) is 5.16. The van der Waals surface area contributed by atoms with Crippen LogP contribution in [0.15, 0.2) is 24.3 Å². The van der Waals surface area contributed by atoms with E-state index in [0.717, 1.165) is 10.6 Å². The zero-order chi connectivity index (χ0) is 11.3. The van der Waals surface area contributed by atoms with Crippen LogP contribution in [0.3, 0.4) is 0 Å². The van der Waals surface area contributed by atoms with Crippen LogP contribution in [-0.4, -0.2) is 6.54 Å². The Kier molecular flexibility index (Phi) is 4.14. The second-order valence-corrected chi connectivity index (χ2v) is 4.60. The molecule has 0 spiro atoms. The fraction of sp³-hybridized carbons (Fsp3) is 0.417. The molecule has 0 aliphatic carbocycles. The molecule has 80 valence electrons. The first-order valence-electron chi connectivity index (χ1n) is 4.90. The van der Waals surface area contributed by atoms with Crippen molar-refractivity contribution in [1.82, 2.24) is 5.32 Å². The maximum absolute atomic E-state index is 8.83. The highest BCUT2D eigenvalue weighted by atomic mass is 35.5. The average Bonchev–Trinajstić information content (AvgIpc) is 2.21. The zero-order valence-electron chi connectivity index (χ0n) is 9.05. The predicted molar refractivity (Wildman–Crippen MR) is 62.6 cm³/mol. The van der Waals surface area contributed by atoms with Crippen molar-refractivity contribution in [2.75, 3.05) is 6.54 Å². The van der Waals surface area contributed by atoms with E-state index >= 15 is 0 Å². The summed E-state index contributed by atoms with van der Waals surface area (Å²) in [7, 11) is 0. The van der Waals surface area contributed by atoms with Crippen molar-refractivity contribution >= 4 is 11.6 Å². The molecule has 0 amide bonds. The van der Waals surface area contributed by atoms with E-state index in [-0.39, 0.29) is 5.41 Å². The van der Waals surface area contributed by atoms with Gasteiger partial charge in [-0.3, -0.25) is 0 Å². The first-order valence-corrected chi connectivity index (χ1v) is 5.28. The van der Waals surface area contributed by atoms with E-state index in [1.807, 2.05) is 38.1 Å². The Morgan fingerprint density at radius 2 is 2.07 bits per heavy atom. The molecule has 3 heteroatoms. The maximum atomic E-state index is 8.83. The number of nitriles is 1. The van der Waals surface area contributed by atoms with Crippen LogP contribution >= 0.6 is 11.6 Å². The van der Waals surface area contributed by atoms with E-state index in [0.29, 0.717) is 13.1 Å². The number of halogens is 1. The minimum Gasteiger partial charge on any atom is -0.311 e. The van der Waals surface area contributed by atoms with Gasteiger partial charge in [0.05, 0.1) is 11.5 Å². The SMILES string of the molecule is CC(C)(C#N)CNCc1ccccc1Cl. The average molecular weight is 223 g/mol. The van der Waals surface area contributed by atoms with Gasteiger partial charge >= 0.3 is 0 Å². The molecule has 0 aromatic heterocycles. The highest BCUT2D eigenvalue weighted by Crippen LogP contribution is 2.15. The van der Waals surface area contributed by atoms with Crippen molar-refractivity contribution in [3.8, 4) is 6.07 Å². The molecule has 0 aliphatic heterocycles. The van der Waals surface area contributed by atoms with Gasteiger partial charge in [0.15, 0.2) is 0 Å². The van der Waals surface area contributed by atoms with Crippen LogP contribution in [0, 0.1) is 16.7 Å². The number of nitrogens with one attached hydrogen (secondary N) is 1. The van der Waals surface area contributed by atoms with E-state index in [2.05, 4.69) is 11.4 Å². The molecule has 0 saturated carbocycles. The zero-order valence-corrected chi connectivity index (χ0v) is 9.80. The first-order chi connectivity index (χ1) is 7.05. The predicted octanol–water partition coefficient (Wildman–Crippen LogP) is 2.98. The Morgan fingerprint density at radius 3 is 2.67 bits per heavy atom. The van der Waals surface area contributed by atoms with Crippen LogP contribution in [-0.2, 0) is 6.54 Å². The molecule has 0 heterocycles. The van der Waals surface area contributed by atoms with Gasteiger partial charge in [0.2, 0.25) is 0 Å². The number of nitrogens with zero attached hydrogens (tertiary/aromatic N) is 1. The third-order valence-electron chi connectivity index (χ3n) is 2.14. The lowest BCUT2D eigenvalue weighted by Gasteiger charge is -2.16. The van der Waals surface area contributed by atoms with Gasteiger partial charge in [-0.25, -0.2) is 0 Å². The van der Waals surface area contributed by atoms with Gasteiger partial charge in [0.1, 0.15) is 0 Å². The molecule has 0 aliphatic rings. The van der Waals surface area contributed by atoms with Gasteiger partial charge in [-0.15, -0.1) is 0 Å². The van der Waals surface area contributed by atoms with Crippen LogP contribution in [0.4, 0.5) is 0 Å². The topological polar surface area (TPSA) is 35.8 Å². The summed E-state index contributed by atoms with van der Waals surface area (Å²) in [6.45, 7) is 5.18. The second-order valence-electron chi connectivity index (χ2n) is 4.19. The summed E-state index contributed by atoms with van der Waals surface area (Å²) in [5.74, 6) is 0. The fourth-order valence-electron chi connectivity index (χ4n) is 1.19. The van der Waals surface area contributed by atoms with Crippen molar-refractivity contribution in [2.45, 2.75) is 20.4 Å². The summed E-state index contributed by atoms with van der Waals surface area (Å²) in [5.41, 5.74) is 0.731. The van der Waals surface area contributed by atoms with E-state index in [1.54, 1.807) is 0 Å². The lowest BCUT2D eigenvalue weighted by Crippen LogP contribution is -2.27. The largest absolute Gasteiger partial charge is 0.311 e. The summed E-state index contributed by atoms with van der Waals surface area (Å²) in [5, 5.41) is 12.8. The molecule has 0 bridgehead atoms. The molecule has 0 saturated heterocycles. The van der Waals surface area contributed by atoms with E-state index < -0.39 is 0 Å². The van der Waals surface area contributed by atoms with E-state index in [1.165, 1.54) is 0 Å². The molecule has 1 aromatic carbocycles. The van der Waals surface area contributed by atoms with Crippen LogP contribution < -0.4 is 5.32 Å². The highest BCUT2D eigenvalue weighted by Gasteiger charge is 2.15. The van der Waals surface area contributed by atoms with Gasteiger partial charge in [-0.1, -0.05) is 29.8 Å². The van der Waals surface area contributed by atoms with Gasteiger partial charge in [-0.2, -0.15) is 5.26 Å². The monoisotopic (exact) mass is 222 g/mol. The van der Waals surface area contributed by atoms with Gasteiger partial charge in [0.25, 0.3) is 0 Å². The van der Waals surface area contributed by atoms with Crippen molar-refractivity contribution in [2.24, 2.45) is 5.41 Å². The summed E-state index contributed by atoms with van der Waals surface area (Å²) in [6, 6.07) is 9.96. The first kappa shape index (κ1) is 12.0. The Labute approximate surface area is 95.9 Å². The van der Waals surface area contributed by atoms with Gasteiger partial charge < -0.3 is 5.32 Å². The summed E-state index contributed by atoms with van der Waals surface area (Å²) in [4.78, 5) is 0. The third-order valence-corrected chi connectivity index (χ3v) is 2.51. The molecule has 1 rings (SSSR count). The minimum absolute atomic E-state index is 0.332. The standard InChI is InChI=1S/C12H15ClN2/c1-12(2,8-14)9-15-7-10-5-3-4-6-11(10)13/h3-6,15H,7,9H2,1-2H3. The normalized spacial score (nSPS) is 11.1. The maximum Gasteiger partial charge on any atom is 0.0697 e. The van der Waals surface area contributed by atoms with Crippen LogP contribution in [0.5, 0.6) is 0 Å². The number of benzene rings is 1. The number of rotatable bonds is 4.